The van der Waals surface area contributed by atoms with Crippen LogP contribution in [0.15, 0.2) is 18.5 Å². The van der Waals surface area contributed by atoms with Crippen molar-refractivity contribution in [2.45, 2.75) is 13.2 Å². The van der Waals surface area contributed by atoms with Crippen molar-refractivity contribution >= 4 is 5.57 Å². The molecule has 1 atom stereocenters. The second-order valence-electron chi connectivity index (χ2n) is 2.70. The predicted octanol–water partition coefficient (Wildman–Crippen LogP) is 0.970. The van der Waals surface area contributed by atoms with Crippen LogP contribution in [-0.2, 0) is 0 Å². The Labute approximate surface area is 64.7 Å². The van der Waals surface area contributed by atoms with Crippen molar-refractivity contribution in [1.82, 2.24) is 10.3 Å². The van der Waals surface area contributed by atoms with E-state index in [2.05, 4.69) is 10.3 Å². The predicted molar refractivity (Wildman–Crippen MR) is 42.5 cm³/mol. The summed E-state index contributed by atoms with van der Waals surface area (Å²) in [5.41, 5.74) is 3.09. The van der Waals surface area contributed by atoms with Gasteiger partial charge in [-0.1, -0.05) is 0 Å². The van der Waals surface area contributed by atoms with Gasteiger partial charge in [0.25, 0.3) is 0 Å². The van der Waals surface area contributed by atoms with Crippen molar-refractivity contribution < 1.29 is 5.11 Å². The van der Waals surface area contributed by atoms with Crippen molar-refractivity contribution in [2.75, 3.05) is 0 Å². The van der Waals surface area contributed by atoms with Gasteiger partial charge in [-0.25, -0.2) is 0 Å². The number of H-pyrrole nitrogens is 1. The van der Waals surface area contributed by atoms with E-state index in [0.29, 0.717) is 0 Å². The molecule has 0 bridgehead atoms. The van der Waals surface area contributed by atoms with Gasteiger partial charge >= 0.3 is 0 Å². The van der Waals surface area contributed by atoms with Crippen molar-refractivity contribution in [3.8, 4) is 0 Å². The van der Waals surface area contributed by atoms with Gasteiger partial charge in [0.1, 0.15) is 0 Å². The minimum absolute atomic E-state index is 0.580. The first-order chi connectivity index (χ1) is 5.29. The van der Waals surface area contributed by atoms with Crippen LogP contribution in [0, 0.1) is 0 Å². The van der Waals surface area contributed by atoms with Crippen molar-refractivity contribution in [2.24, 2.45) is 0 Å². The Hall–Kier alpha value is -1.22. The number of fused-ring (bicyclic) bond motifs is 1. The summed E-state index contributed by atoms with van der Waals surface area (Å²) in [6, 6.07) is 1.96. The number of aliphatic hydroxyl groups is 1. The average molecular weight is 150 g/mol. The molecule has 58 valence electrons. The Kier molecular flexibility index (Phi) is 1.26. The van der Waals surface area contributed by atoms with E-state index in [-0.39, 0.29) is 0 Å². The lowest BCUT2D eigenvalue weighted by Crippen LogP contribution is -2.20. The van der Waals surface area contributed by atoms with Crippen LogP contribution >= 0.6 is 0 Å². The molecule has 2 heterocycles. The fourth-order valence-corrected chi connectivity index (χ4v) is 1.32. The standard InChI is InChI=1S/C8H10N2O/c1-5-4-10-8(11)7-6(5)2-3-9-7/h2-4,8-11H,1H3. The molecule has 2 rings (SSSR count). The summed E-state index contributed by atoms with van der Waals surface area (Å²) in [4.78, 5) is 2.98. The van der Waals surface area contributed by atoms with Crippen molar-refractivity contribution in [3.05, 3.63) is 29.7 Å². The van der Waals surface area contributed by atoms with E-state index in [1.165, 1.54) is 0 Å². The molecule has 0 amide bonds. The maximum Gasteiger partial charge on any atom is 0.166 e. The molecule has 1 aromatic rings. The van der Waals surface area contributed by atoms with Gasteiger partial charge < -0.3 is 15.4 Å². The van der Waals surface area contributed by atoms with Crippen LogP contribution in [0.25, 0.3) is 5.57 Å². The Morgan fingerprint density at radius 1 is 1.55 bits per heavy atom. The van der Waals surface area contributed by atoms with Gasteiger partial charge in [-0.15, -0.1) is 0 Å². The number of aromatic nitrogens is 1. The summed E-state index contributed by atoms with van der Waals surface area (Å²) in [6.07, 6.45) is 3.07. The molecular weight excluding hydrogens is 140 g/mol. The molecule has 0 spiro atoms. The van der Waals surface area contributed by atoms with Crippen LogP contribution in [0.2, 0.25) is 0 Å². The lowest BCUT2D eigenvalue weighted by molar-refractivity contribution is 0.150. The molecule has 11 heavy (non-hydrogen) atoms. The molecular formula is C8H10N2O. The minimum Gasteiger partial charge on any atom is -0.368 e. The largest absolute Gasteiger partial charge is 0.368 e. The molecule has 0 saturated carbocycles. The van der Waals surface area contributed by atoms with Crippen LogP contribution in [0.5, 0.6) is 0 Å². The zero-order valence-corrected chi connectivity index (χ0v) is 6.26. The lowest BCUT2D eigenvalue weighted by Gasteiger charge is -2.17. The number of aromatic amines is 1. The zero-order chi connectivity index (χ0) is 7.84. The monoisotopic (exact) mass is 150 g/mol. The van der Waals surface area contributed by atoms with Crippen LogP contribution in [0.3, 0.4) is 0 Å². The molecule has 1 aromatic heterocycles. The van der Waals surface area contributed by atoms with Crippen LogP contribution in [0.4, 0.5) is 0 Å². The molecule has 3 N–H and O–H groups in total. The van der Waals surface area contributed by atoms with E-state index >= 15 is 0 Å². The molecule has 1 unspecified atom stereocenters. The van der Waals surface area contributed by atoms with E-state index in [0.717, 1.165) is 16.8 Å². The lowest BCUT2D eigenvalue weighted by atomic mass is 10.1. The Balaban J connectivity index is 2.55. The highest BCUT2D eigenvalue weighted by atomic mass is 16.3. The maximum absolute atomic E-state index is 9.38. The Morgan fingerprint density at radius 2 is 2.36 bits per heavy atom. The number of nitrogens with one attached hydrogen (secondary N) is 2. The summed E-state index contributed by atoms with van der Waals surface area (Å²) < 4.78 is 0. The third-order valence-corrected chi connectivity index (χ3v) is 1.93. The smallest absolute Gasteiger partial charge is 0.166 e. The number of hydrogen-bond acceptors (Lipinski definition) is 2. The molecule has 0 saturated heterocycles. The molecule has 0 radical (unpaired) electrons. The van der Waals surface area contributed by atoms with E-state index < -0.39 is 6.23 Å². The Bertz CT molecular complexity index is 301. The first kappa shape index (κ1) is 6.49. The number of hydrogen-bond donors (Lipinski definition) is 3. The van der Waals surface area contributed by atoms with Gasteiger partial charge in [0, 0.05) is 18.0 Å². The molecule has 3 nitrogen and oxygen atoms in total. The first-order valence-electron chi connectivity index (χ1n) is 3.57. The second kappa shape index (κ2) is 2.13. The third kappa shape index (κ3) is 0.851. The first-order valence-corrected chi connectivity index (χ1v) is 3.57. The molecule has 3 heteroatoms. The minimum atomic E-state index is -0.580. The highest BCUT2D eigenvalue weighted by molar-refractivity contribution is 5.67. The summed E-state index contributed by atoms with van der Waals surface area (Å²) in [5.74, 6) is 0. The summed E-state index contributed by atoms with van der Waals surface area (Å²) in [7, 11) is 0. The van der Waals surface area contributed by atoms with E-state index in [4.69, 9.17) is 0 Å². The highest BCUT2D eigenvalue weighted by Crippen LogP contribution is 2.25. The summed E-state index contributed by atoms with van der Waals surface area (Å²) >= 11 is 0. The third-order valence-electron chi connectivity index (χ3n) is 1.93. The average Bonchev–Trinajstić information content (AvgIpc) is 2.45. The molecule has 0 aliphatic carbocycles. The number of allylic oxidation sites excluding steroid dienone is 1. The van der Waals surface area contributed by atoms with Crippen LogP contribution in [-0.4, -0.2) is 10.1 Å². The van der Waals surface area contributed by atoms with E-state index in [9.17, 15) is 5.11 Å². The Morgan fingerprint density at radius 3 is 3.09 bits per heavy atom. The van der Waals surface area contributed by atoms with Gasteiger partial charge in [-0.05, 0) is 18.6 Å². The van der Waals surface area contributed by atoms with Gasteiger partial charge in [-0.3, -0.25) is 0 Å². The fourth-order valence-electron chi connectivity index (χ4n) is 1.32. The molecule has 1 aliphatic rings. The van der Waals surface area contributed by atoms with E-state index in [1.807, 2.05) is 25.4 Å². The van der Waals surface area contributed by atoms with Crippen molar-refractivity contribution in [1.29, 1.82) is 0 Å². The summed E-state index contributed by atoms with van der Waals surface area (Å²) in [6.45, 7) is 2.01. The normalized spacial score (nSPS) is 22.0. The zero-order valence-electron chi connectivity index (χ0n) is 6.26. The van der Waals surface area contributed by atoms with Gasteiger partial charge in [0.15, 0.2) is 6.23 Å². The van der Waals surface area contributed by atoms with E-state index in [1.54, 1.807) is 0 Å². The van der Waals surface area contributed by atoms with Gasteiger partial charge in [0.05, 0.1) is 5.69 Å². The van der Waals surface area contributed by atoms with Gasteiger partial charge in [0.2, 0.25) is 0 Å². The number of rotatable bonds is 0. The molecule has 1 aliphatic heterocycles. The van der Waals surface area contributed by atoms with Crippen LogP contribution in [0.1, 0.15) is 24.4 Å². The van der Waals surface area contributed by atoms with Crippen LogP contribution < -0.4 is 5.32 Å². The number of aliphatic hydroxyl groups excluding tert-OH is 1. The topological polar surface area (TPSA) is 48.0 Å². The molecule has 0 aromatic carbocycles. The quantitative estimate of drug-likeness (QED) is 0.516. The fraction of sp³-hybridized carbons (Fsp3) is 0.250. The SMILES string of the molecule is CC1=CNC(O)c2[nH]ccc21. The molecule has 0 fully saturated rings. The maximum atomic E-state index is 9.38. The van der Waals surface area contributed by atoms with Gasteiger partial charge in [-0.2, -0.15) is 0 Å². The summed E-state index contributed by atoms with van der Waals surface area (Å²) in [5, 5.41) is 12.2. The van der Waals surface area contributed by atoms with Crippen molar-refractivity contribution in [3.63, 3.8) is 0 Å². The highest BCUT2D eigenvalue weighted by Gasteiger charge is 2.16. The second-order valence-corrected chi connectivity index (χ2v) is 2.70.